The first-order valence-electron chi connectivity index (χ1n) is 8.38. The molecular weight excluding hydrogens is 335 g/mol. The minimum atomic E-state index is -0.646. The molecule has 3 aromatic rings. The highest BCUT2D eigenvalue weighted by atomic mass is 19.1. The maximum Gasteiger partial charge on any atom is 0.298 e. The van der Waals surface area contributed by atoms with Crippen LogP contribution >= 0.6 is 0 Å². The summed E-state index contributed by atoms with van der Waals surface area (Å²) in [5.74, 6) is -0.111. The Balaban J connectivity index is 1.68. The van der Waals surface area contributed by atoms with Gasteiger partial charge in [-0.05, 0) is 47.7 Å². The predicted octanol–water partition coefficient (Wildman–Crippen LogP) is 3.84. The first-order valence-corrected chi connectivity index (χ1v) is 8.38. The van der Waals surface area contributed by atoms with Gasteiger partial charge in [0.15, 0.2) is 5.52 Å². The highest BCUT2D eigenvalue weighted by molar-refractivity contribution is 5.88. The standard InChI is InChI=1S/C19H17FN4O2/c20-14-8-13-3-6-18(23-19(13)17(9-14)24(25)26)22-16-5-2-12-7-11(10-21)1-4-15(12)16/h1,3-4,6-9,16H,2,5,10,21H2,(H,22,23). The van der Waals surface area contributed by atoms with Gasteiger partial charge in [-0.25, -0.2) is 9.37 Å². The van der Waals surface area contributed by atoms with E-state index in [1.165, 1.54) is 17.2 Å². The van der Waals surface area contributed by atoms with Gasteiger partial charge >= 0.3 is 0 Å². The Morgan fingerprint density at radius 3 is 2.88 bits per heavy atom. The predicted molar refractivity (Wildman–Crippen MR) is 97.4 cm³/mol. The van der Waals surface area contributed by atoms with E-state index >= 15 is 0 Å². The minimum Gasteiger partial charge on any atom is -0.363 e. The monoisotopic (exact) mass is 352 g/mol. The maximum atomic E-state index is 13.6. The third-order valence-corrected chi connectivity index (χ3v) is 4.78. The summed E-state index contributed by atoms with van der Waals surface area (Å²) in [5.41, 5.74) is 9.10. The van der Waals surface area contributed by atoms with Crippen molar-refractivity contribution in [2.75, 3.05) is 5.32 Å². The number of nitro groups is 1. The number of aryl methyl sites for hydroxylation is 1. The molecule has 1 aliphatic rings. The van der Waals surface area contributed by atoms with Crippen molar-refractivity contribution in [3.63, 3.8) is 0 Å². The van der Waals surface area contributed by atoms with Crippen molar-refractivity contribution in [2.45, 2.75) is 25.4 Å². The van der Waals surface area contributed by atoms with Crippen LogP contribution in [0.1, 0.15) is 29.2 Å². The second-order valence-electron chi connectivity index (χ2n) is 6.42. The fourth-order valence-corrected chi connectivity index (χ4v) is 3.53. The van der Waals surface area contributed by atoms with Crippen molar-refractivity contribution in [1.82, 2.24) is 4.98 Å². The summed E-state index contributed by atoms with van der Waals surface area (Å²) in [6.45, 7) is 0.512. The molecule has 132 valence electrons. The van der Waals surface area contributed by atoms with E-state index in [4.69, 9.17) is 5.73 Å². The SMILES string of the molecule is NCc1ccc2c(c1)CCC2Nc1ccc2cc(F)cc([N+](=O)[O-])c2n1. The van der Waals surface area contributed by atoms with Gasteiger partial charge in [-0.15, -0.1) is 0 Å². The van der Waals surface area contributed by atoms with Crippen LogP contribution in [-0.2, 0) is 13.0 Å². The van der Waals surface area contributed by atoms with Gasteiger partial charge < -0.3 is 11.1 Å². The number of hydrogen-bond acceptors (Lipinski definition) is 5. The number of non-ortho nitro benzene ring substituents is 1. The Kier molecular flexibility index (Phi) is 4.00. The number of halogens is 1. The lowest BCUT2D eigenvalue weighted by Gasteiger charge is -2.15. The fraction of sp³-hybridized carbons (Fsp3) is 0.211. The molecule has 7 heteroatoms. The van der Waals surface area contributed by atoms with Crippen molar-refractivity contribution in [1.29, 1.82) is 0 Å². The molecule has 1 aromatic heterocycles. The van der Waals surface area contributed by atoms with E-state index in [9.17, 15) is 14.5 Å². The molecule has 2 aromatic carbocycles. The number of benzene rings is 2. The number of nitrogens with one attached hydrogen (secondary N) is 1. The van der Waals surface area contributed by atoms with E-state index in [0.717, 1.165) is 24.5 Å². The Morgan fingerprint density at radius 2 is 2.12 bits per heavy atom. The molecular formula is C19H17FN4O2. The van der Waals surface area contributed by atoms with Crippen LogP contribution in [0.3, 0.4) is 0 Å². The quantitative estimate of drug-likeness (QED) is 0.549. The molecule has 0 aliphatic heterocycles. The Hall–Kier alpha value is -3.06. The van der Waals surface area contributed by atoms with Crippen molar-refractivity contribution in [2.24, 2.45) is 5.73 Å². The van der Waals surface area contributed by atoms with Gasteiger partial charge in [0.1, 0.15) is 11.6 Å². The third-order valence-electron chi connectivity index (χ3n) is 4.78. The van der Waals surface area contributed by atoms with Crippen LogP contribution in [0.4, 0.5) is 15.9 Å². The van der Waals surface area contributed by atoms with Crippen molar-refractivity contribution >= 4 is 22.4 Å². The maximum absolute atomic E-state index is 13.6. The Labute approximate surface area is 149 Å². The summed E-state index contributed by atoms with van der Waals surface area (Å²) in [4.78, 5) is 15.0. The number of rotatable bonds is 4. The van der Waals surface area contributed by atoms with Gasteiger partial charge in [0, 0.05) is 11.9 Å². The fourth-order valence-electron chi connectivity index (χ4n) is 3.53. The van der Waals surface area contributed by atoms with Gasteiger partial charge in [-0.2, -0.15) is 0 Å². The molecule has 0 radical (unpaired) electrons. The van der Waals surface area contributed by atoms with Crippen LogP contribution in [0.25, 0.3) is 10.9 Å². The highest BCUT2D eigenvalue weighted by Gasteiger charge is 2.23. The van der Waals surface area contributed by atoms with E-state index in [1.54, 1.807) is 12.1 Å². The second kappa shape index (κ2) is 6.34. The lowest BCUT2D eigenvalue weighted by molar-refractivity contribution is -0.383. The number of nitrogens with zero attached hydrogens (tertiary/aromatic N) is 2. The Bertz CT molecular complexity index is 1020. The molecule has 3 N–H and O–H groups in total. The van der Waals surface area contributed by atoms with Gasteiger partial charge in [0.2, 0.25) is 0 Å². The van der Waals surface area contributed by atoms with Crippen molar-refractivity contribution in [3.8, 4) is 0 Å². The topological polar surface area (TPSA) is 94.1 Å². The van der Waals surface area contributed by atoms with E-state index in [-0.39, 0.29) is 17.2 Å². The summed E-state index contributed by atoms with van der Waals surface area (Å²) >= 11 is 0. The van der Waals surface area contributed by atoms with E-state index in [0.29, 0.717) is 17.7 Å². The number of hydrogen-bond donors (Lipinski definition) is 2. The summed E-state index contributed by atoms with van der Waals surface area (Å²) in [6.07, 6.45) is 1.86. The summed E-state index contributed by atoms with van der Waals surface area (Å²) in [6, 6.07) is 11.8. The number of nitrogens with two attached hydrogens (primary N) is 1. The second-order valence-corrected chi connectivity index (χ2v) is 6.42. The van der Waals surface area contributed by atoms with Crippen LogP contribution in [0, 0.1) is 15.9 Å². The number of pyridine rings is 1. The molecule has 6 nitrogen and oxygen atoms in total. The van der Waals surface area contributed by atoms with Gasteiger partial charge in [-0.3, -0.25) is 10.1 Å². The number of nitro benzene ring substituents is 1. The van der Waals surface area contributed by atoms with Crippen LogP contribution in [-0.4, -0.2) is 9.91 Å². The molecule has 1 unspecified atom stereocenters. The van der Waals surface area contributed by atoms with Gasteiger partial charge in [0.25, 0.3) is 5.69 Å². The van der Waals surface area contributed by atoms with Crippen LogP contribution in [0.2, 0.25) is 0 Å². The number of fused-ring (bicyclic) bond motifs is 2. The molecule has 1 aliphatic carbocycles. The lowest BCUT2D eigenvalue weighted by atomic mass is 10.0. The first-order chi connectivity index (χ1) is 12.5. The summed E-state index contributed by atoms with van der Waals surface area (Å²) in [5, 5.41) is 15.0. The minimum absolute atomic E-state index is 0.0845. The molecule has 26 heavy (non-hydrogen) atoms. The van der Waals surface area contributed by atoms with Gasteiger partial charge in [-0.1, -0.05) is 18.2 Å². The molecule has 1 atom stereocenters. The van der Waals surface area contributed by atoms with Crippen molar-refractivity contribution < 1.29 is 9.31 Å². The largest absolute Gasteiger partial charge is 0.363 e. The number of aromatic nitrogens is 1. The van der Waals surface area contributed by atoms with E-state index in [2.05, 4.69) is 22.4 Å². The summed E-state index contributed by atoms with van der Waals surface area (Å²) < 4.78 is 13.6. The molecule has 0 bridgehead atoms. The smallest absolute Gasteiger partial charge is 0.298 e. The van der Waals surface area contributed by atoms with Crippen LogP contribution < -0.4 is 11.1 Å². The zero-order valence-corrected chi connectivity index (χ0v) is 13.9. The normalized spacial score (nSPS) is 15.8. The van der Waals surface area contributed by atoms with Gasteiger partial charge in [0.05, 0.1) is 17.0 Å². The van der Waals surface area contributed by atoms with Crippen molar-refractivity contribution in [3.05, 3.63) is 75.1 Å². The molecule has 0 amide bonds. The molecule has 4 rings (SSSR count). The zero-order valence-electron chi connectivity index (χ0n) is 13.9. The van der Waals surface area contributed by atoms with E-state index < -0.39 is 10.7 Å². The zero-order chi connectivity index (χ0) is 18.3. The average molecular weight is 352 g/mol. The third kappa shape index (κ3) is 2.86. The summed E-state index contributed by atoms with van der Waals surface area (Å²) in [7, 11) is 0. The molecule has 1 heterocycles. The lowest BCUT2D eigenvalue weighted by Crippen LogP contribution is -2.09. The Morgan fingerprint density at radius 1 is 1.27 bits per heavy atom. The first kappa shape index (κ1) is 16.4. The van der Waals surface area contributed by atoms with Crippen LogP contribution in [0.5, 0.6) is 0 Å². The van der Waals surface area contributed by atoms with Crippen LogP contribution in [0.15, 0.2) is 42.5 Å². The highest BCUT2D eigenvalue weighted by Crippen LogP contribution is 2.35. The molecule has 0 spiro atoms. The number of anilines is 1. The average Bonchev–Trinajstić information content (AvgIpc) is 3.03. The molecule has 0 saturated heterocycles. The molecule has 0 saturated carbocycles. The van der Waals surface area contributed by atoms with E-state index in [1.807, 2.05) is 6.07 Å². The molecule has 0 fully saturated rings.